The molecule has 0 heterocycles. The summed E-state index contributed by atoms with van der Waals surface area (Å²) in [6.07, 6.45) is 18.3. The quantitative estimate of drug-likeness (QED) is 0.283. The zero-order valence-corrected chi connectivity index (χ0v) is 21.1. The van der Waals surface area contributed by atoms with Crippen molar-refractivity contribution < 1.29 is 0 Å². The molecule has 2 aromatic rings. The zero-order chi connectivity index (χ0) is 22.9. The summed E-state index contributed by atoms with van der Waals surface area (Å²) < 4.78 is 0. The fraction of sp³-hybridized carbons (Fsp3) is 0.576. The van der Waals surface area contributed by atoms with Gasteiger partial charge in [-0.3, -0.25) is 0 Å². The van der Waals surface area contributed by atoms with Gasteiger partial charge in [0.15, 0.2) is 0 Å². The predicted octanol–water partition coefficient (Wildman–Crippen LogP) is 9.31. The fourth-order valence-electron chi connectivity index (χ4n) is 6.44. The minimum atomic E-state index is 0.764. The Morgan fingerprint density at radius 2 is 1.33 bits per heavy atom. The van der Waals surface area contributed by atoms with Gasteiger partial charge in [0.2, 0.25) is 0 Å². The molecule has 2 aliphatic rings. The van der Waals surface area contributed by atoms with Gasteiger partial charge in [-0.05, 0) is 97.6 Å². The number of aryl methyl sites for hydroxylation is 1. The van der Waals surface area contributed by atoms with E-state index in [9.17, 15) is 0 Å². The molecule has 4 atom stereocenters. The van der Waals surface area contributed by atoms with Crippen molar-refractivity contribution in [3.8, 4) is 11.8 Å². The summed E-state index contributed by atoms with van der Waals surface area (Å²) in [6, 6.07) is 18.0. The van der Waals surface area contributed by atoms with Crippen molar-refractivity contribution >= 4 is 0 Å². The maximum Gasteiger partial charge on any atom is 0.0249 e. The first-order valence-electron chi connectivity index (χ1n) is 14.0. The molecule has 2 fully saturated rings. The molecule has 2 aliphatic carbocycles. The predicted molar refractivity (Wildman–Crippen MR) is 143 cm³/mol. The van der Waals surface area contributed by atoms with E-state index in [4.69, 9.17) is 0 Å². The summed E-state index contributed by atoms with van der Waals surface area (Å²) in [5.41, 5.74) is 5.19. The lowest BCUT2D eigenvalue weighted by Crippen LogP contribution is -2.30. The number of fused-ring (bicyclic) bond motifs is 1. The Kier molecular flexibility index (Phi) is 9.11. The highest BCUT2D eigenvalue weighted by Gasteiger charge is 2.35. The summed E-state index contributed by atoms with van der Waals surface area (Å²) in [6.45, 7) is 4.54. The van der Waals surface area contributed by atoms with Gasteiger partial charge >= 0.3 is 0 Å². The van der Waals surface area contributed by atoms with Crippen LogP contribution in [0, 0.1) is 29.6 Å². The van der Waals surface area contributed by atoms with Gasteiger partial charge in [0.1, 0.15) is 0 Å². The fourth-order valence-corrected chi connectivity index (χ4v) is 6.44. The molecule has 0 bridgehead atoms. The number of hydrogen-bond acceptors (Lipinski definition) is 0. The van der Waals surface area contributed by atoms with Crippen molar-refractivity contribution in [1.29, 1.82) is 0 Å². The maximum absolute atomic E-state index is 3.37. The maximum atomic E-state index is 3.37. The van der Waals surface area contributed by atoms with Crippen LogP contribution in [0.1, 0.15) is 119 Å². The third-order valence-corrected chi connectivity index (χ3v) is 8.41. The molecule has 0 aromatic heterocycles. The summed E-state index contributed by atoms with van der Waals surface area (Å²) in [7, 11) is 0. The molecule has 2 aromatic carbocycles. The van der Waals surface area contributed by atoms with Crippen LogP contribution in [0.2, 0.25) is 0 Å². The van der Waals surface area contributed by atoms with E-state index in [-0.39, 0.29) is 0 Å². The first-order valence-corrected chi connectivity index (χ1v) is 14.0. The second-order valence-corrected chi connectivity index (χ2v) is 10.9. The zero-order valence-electron chi connectivity index (χ0n) is 21.1. The second-order valence-electron chi connectivity index (χ2n) is 10.9. The molecule has 0 radical (unpaired) electrons. The molecular formula is C33H44. The number of benzene rings is 2. The number of rotatable bonds is 8. The number of hydrogen-bond donors (Lipinski definition) is 0. The minimum absolute atomic E-state index is 0.764. The molecule has 33 heavy (non-hydrogen) atoms. The molecular weight excluding hydrogens is 396 g/mol. The molecule has 0 nitrogen and oxygen atoms in total. The Balaban J connectivity index is 1.27. The van der Waals surface area contributed by atoms with Crippen molar-refractivity contribution in [2.75, 3.05) is 0 Å². The van der Waals surface area contributed by atoms with E-state index >= 15 is 0 Å². The van der Waals surface area contributed by atoms with Crippen LogP contribution in [-0.2, 0) is 6.42 Å². The van der Waals surface area contributed by atoms with E-state index < -0.39 is 0 Å². The van der Waals surface area contributed by atoms with E-state index in [2.05, 4.69) is 74.2 Å². The average Bonchev–Trinajstić information content (AvgIpc) is 2.86. The average molecular weight is 441 g/mol. The van der Waals surface area contributed by atoms with Gasteiger partial charge < -0.3 is 0 Å². The molecule has 0 spiro atoms. The molecule has 0 saturated heterocycles. The van der Waals surface area contributed by atoms with E-state index in [0.29, 0.717) is 0 Å². The van der Waals surface area contributed by atoms with Crippen LogP contribution in [0.5, 0.6) is 0 Å². The highest BCUT2D eigenvalue weighted by atomic mass is 14.4. The van der Waals surface area contributed by atoms with Crippen LogP contribution < -0.4 is 0 Å². The van der Waals surface area contributed by atoms with Crippen LogP contribution in [0.4, 0.5) is 0 Å². The van der Waals surface area contributed by atoms with Gasteiger partial charge in [-0.1, -0.05) is 94.9 Å². The minimum Gasteiger partial charge on any atom is -0.0654 e. The Bertz CT molecular complexity index is 892. The SMILES string of the molecule is CCCCCCC1CCC2CC(c3ccc(C#Cc4ccc(CCC)cc4)cc3)CCC2C1. The lowest BCUT2D eigenvalue weighted by molar-refractivity contribution is 0.113. The summed E-state index contributed by atoms with van der Waals surface area (Å²) in [4.78, 5) is 0. The number of unbranched alkanes of at least 4 members (excludes halogenated alkanes) is 3. The van der Waals surface area contributed by atoms with Gasteiger partial charge in [0, 0.05) is 11.1 Å². The first-order chi connectivity index (χ1) is 16.2. The molecule has 0 aliphatic heterocycles. The van der Waals surface area contributed by atoms with Crippen molar-refractivity contribution in [3.05, 3.63) is 70.8 Å². The second kappa shape index (κ2) is 12.5. The van der Waals surface area contributed by atoms with Gasteiger partial charge in [0.25, 0.3) is 0 Å². The topological polar surface area (TPSA) is 0 Å². The van der Waals surface area contributed by atoms with E-state index in [1.807, 2.05) is 0 Å². The van der Waals surface area contributed by atoms with Crippen molar-refractivity contribution in [2.45, 2.75) is 103 Å². The van der Waals surface area contributed by atoms with Crippen molar-refractivity contribution in [2.24, 2.45) is 17.8 Å². The normalized spacial score (nSPS) is 24.5. The molecule has 4 unspecified atom stereocenters. The van der Waals surface area contributed by atoms with E-state index in [1.54, 1.807) is 5.56 Å². The Labute approximate surface area is 203 Å². The molecule has 0 N–H and O–H groups in total. The largest absolute Gasteiger partial charge is 0.0654 e. The summed E-state index contributed by atoms with van der Waals surface area (Å²) in [5.74, 6) is 10.5. The first kappa shape index (κ1) is 24.1. The summed E-state index contributed by atoms with van der Waals surface area (Å²) in [5, 5.41) is 0. The van der Waals surface area contributed by atoms with Crippen molar-refractivity contribution in [1.82, 2.24) is 0 Å². The monoisotopic (exact) mass is 440 g/mol. The van der Waals surface area contributed by atoms with E-state index in [0.717, 1.165) is 41.2 Å². The molecule has 2 saturated carbocycles. The lowest BCUT2D eigenvalue weighted by Gasteiger charge is -2.42. The van der Waals surface area contributed by atoms with Gasteiger partial charge in [-0.2, -0.15) is 0 Å². The Morgan fingerprint density at radius 3 is 2.03 bits per heavy atom. The van der Waals surface area contributed by atoms with Gasteiger partial charge in [-0.15, -0.1) is 0 Å². The van der Waals surface area contributed by atoms with Crippen molar-refractivity contribution in [3.63, 3.8) is 0 Å². The molecule has 0 heteroatoms. The smallest absolute Gasteiger partial charge is 0.0249 e. The third-order valence-electron chi connectivity index (χ3n) is 8.41. The van der Waals surface area contributed by atoms with E-state index in [1.165, 1.54) is 82.6 Å². The van der Waals surface area contributed by atoms with Gasteiger partial charge in [-0.25, -0.2) is 0 Å². The highest BCUT2D eigenvalue weighted by Crippen LogP contribution is 2.48. The van der Waals surface area contributed by atoms with Gasteiger partial charge in [0.05, 0.1) is 0 Å². The van der Waals surface area contributed by atoms with Crippen LogP contribution in [-0.4, -0.2) is 0 Å². The molecule has 0 amide bonds. The Hall–Kier alpha value is -2.00. The molecule has 176 valence electrons. The highest BCUT2D eigenvalue weighted by molar-refractivity contribution is 5.44. The third kappa shape index (κ3) is 6.99. The van der Waals surface area contributed by atoms with Crippen LogP contribution in [0.25, 0.3) is 0 Å². The summed E-state index contributed by atoms with van der Waals surface area (Å²) >= 11 is 0. The lowest BCUT2D eigenvalue weighted by atomic mass is 9.63. The molecule has 4 rings (SSSR count). The Morgan fingerprint density at radius 1 is 0.667 bits per heavy atom. The van der Waals surface area contributed by atoms with Crippen LogP contribution >= 0.6 is 0 Å². The van der Waals surface area contributed by atoms with Crippen LogP contribution in [0.3, 0.4) is 0 Å². The van der Waals surface area contributed by atoms with Crippen LogP contribution in [0.15, 0.2) is 48.5 Å². The standard InChI is InChI=1S/C33H44/c1-3-5-6-7-9-29-18-21-33-25-32(23-22-31(33)24-29)30-19-16-28(17-20-30)15-14-27-12-10-26(8-4-2)11-13-27/h10-13,16-17,19-20,29,31-33H,3-9,18,21-25H2,1-2H3.